The van der Waals surface area contributed by atoms with Gasteiger partial charge in [0.15, 0.2) is 0 Å². The molecule has 0 amide bonds. The van der Waals surface area contributed by atoms with E-state index in [9.17, 15) is 0 Å². The maximum atomic E-state index is 3.57. The van der Waals surface area contributed by atoms with Gasteiger partial charge < -0.3 is 5.32 Å². The monoisotopic (exact) mass is 329 g/mol. The van der Waals surface area contributed by atoms with Crippen LogP contribution in [0.25, 0.3) is 0 Å². The average Bonchev–Trinajstić information content (AvgIpc) is 2.83. The van der Waals surface area contributed by atoms with Crippen LogP contribution in [-0.2, 0) is 0 Å². The zero-order chi connectivity index (χ0) is 12.4. The summed E-state index contributed by atoms with van der Waals surface area (Å²) in [6.07, 6.45) is 0. The minimum Gasteiger partial charge on any atom is -0.305 e. The van der Waals surface area contributed by atoms with E-state index in [1.54, 1.807) is 11.3 Å². The highest BCUT2D eigenvalue weighted by Gasteiger charge is 2.17. The number of nitrogens with one attached hydrogen (secondary N) is 1. The molecular formula is C13H16BrNS2. The smallest absolute Gasteiger partial charge is 0.0765 e. The van der Waals surface area contributed by atoms with Gasteiger partial charge in [0, 0.05) is 14.6 Å². The number of rotatable bonds is 4. The largest absolute Gasteiger partial charge is 0.305 e. The van der Waals surface area contributed by atoms with Gasteiger partial charge in [0.2, 0.25) is 0 Å². The lowest BCUT2D eigenvalue weighted by Crippen LogP contribution is -2.20. The van der Waals surface area contributed by atoms with Crippen molar-refractivity contribution in [3.63, 3.8) is 0 Å². The molecule has 0 aliphatic carbocycles. The van der Waals surface area contributed by atoms with Crippen LogP contribution in [-0.4, -0.2) is 6.54 Å². The Morgan fingerprint density at radius 3 is 2.47 bits per heavy atom. The van der Waals surface area contributed by atoms with E-state index < -0.39 is 0 Å². The zero-order valence-corrected chi connectivity index (χ0v) is 13.4. The van der Waals surface area contributed by atoms with Gasteiger partial charge in [-0.15, -0.1) is 22.7 Å². The fraction of sp³-hybridized carbons (Fsp3) is 0.385. The molecule has 92 valence electrons. The second kappa shape index (κ2) is 5.65. The number of thiophene rings is 2. The Morgan fingerprint density at radius 2 is 2.00 bits per heavy atom. The molecule has 1 N–H and O–H groups in total. The van der Waals surface area contributed by atoms with Gasteiger partial charge in [0.25, 0.3) is 0 Å². The first kappa shape index (κ1) is 13.3. The molecule has 0 aliphatic heterocycles. The van der Waals surface area contributed by atoms with Crippen LogP contribution >= 0.6 is 38.6 Å². The molecule has 0 aliphatic rings. The maximum absolute atomic E-state index is 3.57. The predicted molar refractivity (Wildman–Crippen MR) is 81.3 cm³/mol. The highest BCUT2D eigenvalue weighted by molar-refractivity contribution is 9.11. The summed E-state index contributed by atoms with van der Waals surface area (Å²) in [4.78, 5) is 4.20. The maximum Gasteiger partial charge on any atom is 0.0765 e. The number of halogens is 1. The first-order chi connectivity index (χ1) is 8.11. The molecule has 0 saturated carbocycles. The van der Waals surface area contributed by atoms with E-state index in [4.69, 9.17) is 0 Å². The van der Waals surface area contributed by atoms with Crippen molar-refractivity contribution in [1.82, 2.24) is 5.32 Å². The van der Waals surface area contributed by atoms with E-state index in [1.165, 1.54) is 24.0 Å². The molecule has 17 heavy (non-hydrogen) atoms. The molecule has 0 bridgehead atoms. The quantitative estimate of drug-likeness (QED) is 0.842. The van der Waals surface area contributed by atoms with Crippen LogP contribution in [0.1, 0.15) is 33.2 Å². The molecule has 2 aromatic rings. The van der Waals surface area contributed by atoms with E-state index >= 15 is 0 Å². The van der Waals surface area contributed by atoms with Crippen LogP contribution < -0.4 is 5.32 Å². The van der Waals surface area contributed by atoms with Crippen LogP contribution in [0.5, 0.6) is 0 Å². The summed E-state index contributed by atoms with van der Waals surface area (Å²) in [6.45, 7) is 7.51. The minimum atomic E-state index is 0.341. The van der Waals surface area contributed by atoms with Gasteiger partial charge in [-0.2, -0.15) is 0 Å². The van der Waals surface area contributed by atoms with Crippen molar-refractivity contribution < 1.29 is 0 Å². The van der Waals surface area contributed by atoms with Gasteiger partial charge in [-0.05, 0) is 60.1 Å². The molecule has 1 nitrogen and oxygen atoms in total. The second-order valence-corrected chi connectivity index (χ2v) is 7.80. The SMILES string of the molecule is CCNC(c1ccc(Br)s1)c1cc(C)c(C)s1. The lowest BCUT2D eigenvalue weighted by molar-refractivity contribution is 0.648. The van der Waals surface area contributed by atoms with Crippen LogP contribution in [0.2, 0.25) is 0 Å². The third kappa shape index (κ3) is 2.99. The lowest BCUT2D eigenvalue weighted by atomic mass is 10.1. The van der Waals surface area contributed by atoms with E-state index in [0.29, 0.717) is 6.04 Å². The standard InChI is InChI=1S/C13H16BrNS2/c1-4-15-13(10-5-6-12(14)17-10)11-7-8(2)9(3)16-11/h5-7,13,15H,4H2,1-3H3. The summed E-state index contributed by atoms with van der Waals surface area (Å²) in [6, 6.07) is 6.97. The Hall–Kier alpha value is -0.160. The molecule has 0 fully saturated rings. The fourth-order valence-corrected chi connectivity index (χ4v) is 4.50. The van der Waals surface area contributed by atoms with Gasteiger partial charge in [-0.25, -0.2) is 0 Å². The Morgan fingerprint density at radius 1 is 1.24 bits per heavy atom. The van der Waals surface area contributed by atoms with Gasteiger partial charge in [-0.1, -0.05) is 6.92 Å². The van der Waals surface area contributed by atoms with Crippen LogP contribution in [0, 0.1) is 13.8 Å². The van der Waals surface area contributed by atoms with Gasteiger partial charge in [0.05, 0.1) is 9.83 Å². The number of aryl methyl sites for hydroxylation is 2. The molecule has 0 radical (unpaired) electrons. The Balaban J connectivity index is 2.34. The summed E-state index contributed by atoms with van der Waals surface area (Å²) in [5.74, 6) is 0. The van der Waals surface area contributed by atoms with Crippen molar-refractivity contribution in [3.8, 4) is 0 Å². The van der Waals surface area contributed by atoms with Gasteiger partial charge in [0.1, 0.15) is 0 Å². The third-order valence-corrected chi connectivity index (χ3v) is 5.66. The lowest BCUT2D eigenvalue weighted by Gasteiger charge is -2.14. The minimum absolute atomic E-state index is 0.341. The van der Waals surface area contributed by atoms with Crippen molar-refractivity contribution in [2.75, 3.05) is 6.54 Å². The molecule has 1 atom stereocenters. The summed E-state index contributed by atoms with van der Waals surface area (Å²) < 4.78 is 1.19. The molecule has 0 aromatic carbocycles. The van der Waals surface area contributed by atoms with E-state index in [1.807, 2.05) is 11.3 Å². The average molecular weight is 330 g/mol. The zero-order valence-electron chi connectivity index (χ0n) is 10.2. The topological polar surface area (TPSA) is 12.0 Å². The third-order valence-electron chi connectivity index (χ3n) is 2.76. The molecule has 0 saturated heterocycles. The van der Waals surface area contributed by atoms with E-state index in [0.717, 1.165) is 6.54 Å². The van der Waals surface area contributed by atoms with Crippen molar-refractivity contribution in [2.45, 2.75) is 26.8 Å². The molecule has 0 spiro atoms. The second-order valence-electron chi connectivity index (χ2n) is 4.02. The summed E-state index contributed by atoms with van der Waals surface area (Å²) in [7, 11) is 0. The summed E-state index contributed by atoms with van der Waals surface area (Å²) in [5, 5.41) is 3.57. The fourth-order valence-electron chi connectivity index (χ4n) is 1.77. The Kier molecular flexibility index (Phi) is 4.42. The summed E-state index contributed by atoms with van der Waals surface area (Å²) >= 11 is 7.24. The van der Waals surface area contributed by atoms with Crippen molar-refractivity contribution in [1.29, 1.82) is 0 Å². The van der Waals surface area contributed by atoms with Crippen LogP contribution in [0.4, 0.5) is 0 Å². The first-order valence-corrected chi connectivity index (χ1v) is 8.10. The summed E-state index contributed by atoms with van der Waals surface area (Å²) in [5.41, 5.74) is 1.39. The van der Waals surface area contributed by atoms with Crippen molar-refractivity contribution in [3.05, 3.63) is 42.2 Å². The van der Waals surface area contributed by atoms with E-state index in [-0.39, 0.29) is 0 Å². The molecular weight excluding hydrogens is 314 g/mol. The molecule has 2 rings (SSSR count). The van der Waals surface area contributed by atoms with Crippen molar-refractivity contribution >= 4 is 38.6 Å². The molecule has 2 aromatic heterocycles. The Labute approximate surface area is 119 Å². The van der Waals surface area contributed by atoms with Crippen LogP contribution in [0.3, 0.4) is 0 Å². The highest BCUT2D eigenvalue weighted by Crippen LogP contribution is 2.35. The normalized spacial score (nSPS) is 12.9. The Bertz CT molecular complexity index is 482. The molecule has 1 unspecified atom stereocenters. The van der Waals surface area contributed by atoms with Gasteiger partial charge >= 0.3 is 0 Å². The predicted octanol–water partition coefficient (Wildman–Crippen LogP) is 4.89. The number of hydrogen-bond acceptors (Lipinski definition) is 3. The molecule has 2 heterocycles. The van der Waals surface area contributed by atoms with Crippen molar-refractivity contribution in [2.24, 2.45) is 0 Å². The molecule has 4 heteroatoms. The number of hydrogen-bond donors (Lipinski definition) is 1. The highest BCUT2D eigenvalue weighted by atomic mass is 79.9. The first-order valence-electron chi connectivity index (χ1n) is 5.67. The van der Waals surface area contributed by atoms with Crippen LogP contribution in [0.15, 0.2) is 22.0 Å². The van der Waals surface area contributed by atoms with E-state index in [2.05, 4.69) is 60.2 Å². The van der Waals surface area contributed by atoms with Gasteiger partial charge in [-0.3, -0.25) is 0 Å².